The largest absolute Gasteiger partial charge is 0.461 e. The van der Waals surface area contributed by atoms with Crippen LogP contribution in [-0.2, 0) is 40.4 Å². The maximum Gasteiger partial charge on any atom is 0.306 e. The summed E-state index contributed by atoms with van der Waals surface area (Å²) in [6.45, 7) is 6.68. The number of nitrogens with one attached hydrogen (secondary N) is 3. The first-order valence-corrected chi connectivity index (χ1v) is 13.7. The molecule has 0 fully saturated rings. The van der Waals surface area contributed by atoms with Crippen LogP contribution in [0.25, 0.3) is 0 Å². The Morgan fingerprint density at radius 1 is 0.972 bits per heavy atom. The number of esters is 1. The van der Waals surface area contributed by atoms with Crippen molar-refractivity contribution in [3.63, 3.8) is 0 Å². The van der Waals surface area contributed by atoms with Crippen molar-refractivity contribution in [3.05, 3.63) is 47.4 Å². The molecule has 0 heterocycles. The monoisotopic (exact) mass is 523 g/mol. The number of hydrogen-bond donors (Lipinski definition) is 3. The van der Waals surface area contributed by atoms with Crippen molar-refractivity contribution in [2.45, 2.75) is 71.7 Å². The van der Waals surface area contributed by atoms with Gasteiger partial charge in [0, 0.05) is 31.1 Å². The third-order valence-electron chi connectivity index (χ3n) is 4.94. The van der Waals surface area contributed by atoms with Crippen LogP contribution in [0, 0.1) is 5.92 Å². The second-order valence-corrected chi connectivity index (χ2v) is 11.0. The Hall–Kier alpha value is -3.21. The summed E-state index contributed by atoms with van der Waals surface area (Å²) >= 11 is 0. The van der Waals surface area contributed by atoms with Crippen molar-refractivity contribution in [1.29, 1.82) is 0 Å². The predicted molar refractivity (Wildman–Crippen MR) is 136 cm³/mol. The number of carbonyl (C=O) groups excluding carboxylic acids is 4. The molecule has 1 aromatic rings. The molecular weight excluding hydrogens is 486 g/mol. The van der Waals surface area contributed by atoms with E-state index < -0.39 is 51.7 Å². The first-order chi connectivity index (χ1) is 16.8. The average Bonchev–Trinajstić information content (AvgIpc) is 2.78. The highest BCUT2D eigenvalue weighted by molar-refractivity contribution is 7.93. The molecule has 10 nitrogen and oxygen atoms in total. The Morgan fingerprint density at radius 3 is 2.17 bits per heavy atom. The molecule has 0 aliphatic rings. The van der Waals surface area contributed by atoms with Gasteiger partial charge in [0.15, 0.2) is 9.84 Å². The van der Waals surface area contributed by atoms with Gasteiger partial charge in [-0.05, 0) is 31.2 Å². The lowest BCUT2D eigenvalue weighted by atomic mass is 10.0. The van der Waals surface area contributed by atoms with E-state index in [0.717, 1.165) is 17.2 Å². The lowest BCUT2D eigenvalue weighted by molar-refractivity contribution is -0.145. The van der Waals surface area contributed by atoms with Gasteiger partial charge in [-0.1, -0.05) is 50.3 Å². The molecule has 0 saturated carbocycles. The van der Waals surface area contributed by atoms with Crippen molar-refractivity contribution < 1.29 is 32.3 Å². The molecule has 0 spiro atoms. The number of benzene rings is 1. The molecule has 0 unspecified atom stereocenters. The molecule has 11 heteroatoms. The van der Waals surface area contributed by atoms with Gasteiger partial charge in [0.1, 0.15) is 18.7 Å². The van der Waals surface area contributed by atoms with E-state index in [1.165, 1.54) is 19.9 Å². The minimum absolute atomic E-state index is 0.0134. The molecule has 0 bridgehead atoms. The number of ether oxygens (including phenoxy) is 1. The summed E-state index contributed by atoms with van der Waals surface area (Å²) in [6, 6.07) is 6.57. The highest BCUT2D eigenvalue weighted by Gasteiger charge is 2.25. The number of rotatable bonds is 14. The van der Waals surface area contributed by atoms with Crippen LogP contribution in [0.1, 0.15) is 52.5 Å². The molecule has 3 amide bonds. The SMILES string of the molecule is CC(=O)N[C@@H](CCC(=O)OCc1ccccc1)C(=O)N[C@@H](C)C(=O)N[C@H](/C=C/S(C)(=O)=O)CC(C)C. The van der Waals surface area contributed by atoms with E-state index >= 15 is 0 Å². The maximum atomic E-state index is 12.8. The second-order valence-electron chi connectivity index (χ2n) is 9.07. The Labute approximate surface area is 213 Å². The lowest BCUT2D eigenvalue weighted by Gasteiger charge is -2.23. The molecule has 1 aromatic carbocycles. The van der Waals surface area contributed by atoms with Crippen molar-refractivity contribution >= 4 is 33.5 Å². The zero-order valence-corrected chi connectivity index (χ0v) is 22.3. The normalized spacial score (nSPS) is 14.1. The summed E-state index contributed by atoms with van der Waals surface area (Å²) in [7, 11) is -3.37. The fourth-order valence-corrected chi connectivity index (χ4v) is 3.68. The predicted octanol–water partition coefficient (Wildman–Crippen LogP) is 1.61. The summed E-state index contributed by atoms with van der Waals surface area (Å²) in [5.41, 5.74) is 0.823. The van der Waals surface area contributed by atoms with Crippen LogP contribution >= 0.6 is 0 Å². The quantitative estimate of drug-likeness (QED) is 0.314. The first-order valence-electron chi connectivity index (χ1n) is 11.7. The Bertz CT molecular complexity index is 1020. The van der Waals surface area contributed by atoms with Crippen LogP contribution < -0.4 is 16.0 Å². The fraction of sp³-hybridized carbons (Fsp3) is 0.520. The van der Waals surface area contributed by atoms with Crippen molar-refractivity contribution in [1.82, 2.24) is 16.0 Å². The van der Waals surface area contributed by atoms with E-state index in [2.05, 4.69) is 16.0 Å². The zero-order valence-electron chi connectivity index (χ0n) is 21.4. The summed E-state index contributed by atoms with van der Waals surface area (Å²) in [6.07, 6.45) is 2.83. The van der Waals surface area contributed by atoms with Crippen molar-refractivity contribution in [3.8, 4) is 0 Å². The van der Waals surface area contributed by atoms with Crippen LogP contribution in [-0.4, -0.2) is 56.5 Å². The van der Waals surface area contributed by atoms with Gasteiger partial charge in [0.25, 0.3) is 0 Å². The van der Waals surface area contributed by atoms with Crippen molar-refractivity contribution in [2.75, 3.05) is 6.26 Å². The molecule has 3 N–H and O–H groups in total. The van der Waals surface area contributed by atoms with Crippen LogP contribution in [0.2, 0.25) is 0 Å². The van der Waals surface area contributed by atoms with Crippen LogP contribution in [0.5, 0.6) is 0 Å². The Balaban J connectivity index is 2.70. The molecule has 0 aliphatic carbocycles. The van der Waals surface area contributed by atoms with Gasteiger partial charge in [-0.15, -0.1) is 0 Å². The third-order valence-corrected chi connectivity index (χ3v) is 5.59. The second kappa shape index (κ2) is 15.0. The van der Waals surface area contributed by atoms with Crippen LogP contribution in [0.4, 0.5) is 0 Å². The van der Waals surface area contributed by atoms with E-state index in [9.17, 15) is 27.6 Å². The van der Waals surface area contributed by atoms with E-state index in [0.29, 0.717) is 6.42 Å². The minimum Gasteiger partial charge on any atom is -0.461 e. The third kappa shape index (κ3) is 13.6. The molecule has 3 atom stereocenters. The zero-order chi connectivity index (χ0) is 27.3. The molecule has 1 rings (SSSR count). The first kappa shape index (κ1) is 30.8. The number of sulfone groups is 1. The topological polar surface area (TPSA) is 148 Å². The maximum absolute atomic E-state index is 12.8. The highest BCUT2D eigenvalue weighted by atomic mass is 32.2. The van der Waals surface area contributed by atoms with Gasteiger partial charge in [0.05, 0.1) is 0 Å². The fourth-order valence-electron chi connectivity index (χ4n) is 3.20. The summed E-state index contributed by atoms with van der Waals surface area (Å²) < 4.78 is 28.1. The van der Waals surface area contributed by atoms with E-state index in [4.69, 9.17) is 4.74 Å². The van der Waals surface area contributed by atoms with Crippen LogP contribution in [0.3, 0.4) is 0 Å². The Morgan fingerprint density at radius 2 is 1.61 bits per heavy atom. The van der Waals surface area contributed by atoms with Gasteiger partial charge < -0.3 is 20.7 Å². The molecule has 200 valence electrons. The summed E-state index contributed by atoms with van der Waals surface area (Å²) in [4.78, 5) is 49.1. The lowest BCUT2D eigenvalue weighted by Crippen LogP contribution is -2.53. The van der Waals surface area contributed by atoms with E-state index in [1.54, 1.807) is 0 Å². The van der Waals surface area contributed by atoms with Gasteiger partial charge in [0.2, 0.25) is 17.7 Å². The molecular formula is C25H37N3O7S. The number of amides is 3. The summed E-state index contributed by atoms with van der Waals surface area (Å²) in [5, 5.41) is 8.78. The van der Waals surface area contributed by atoms with E-state index in [-0.39, 0.29) is 25.4 Å². The summed E-state index contributed by atoms with van der Waals surface area (Å²) in [5.74, 6) is -1.96. The molecule has 0 saturated heterocycles. The molecule has 0 aliphatic heterocycles. The highest BCUT2D eigenvalue weighted by Crippen LogP contribution is 2.08. The number of hydrogen-bond acceptors (Lipinski definition) is 7. The minimum atomic E-state index is -3.37. The van der Waals surface area contributed by atoms with Gasteiger partial charge in [-0.25, -0.2) is 8.42 Å². The molecule has 0 radical (unpaired) electrons. The molecule has 0 aromatic heterocycles. The van der Waals surface area contributed by atoms with Gasteiger partial charge in [-0.2, -0.15) is 0 Å². The Kier molecular flexibility index (Phi) is 12.9. The average molecular weight is 524 g/mol. The van der Waals surface area contributed by atoms with Crippen LogP contribution in [0.15, 0.2) is 41.8 Å². The standard InChI is InChI=1S/C25H37N3O7S/c1-17(2)15-21(13-14-36(5,33)34)28-24(31)18(3)26-25(32)22(27-19(4)29)11-12-23(30)35-16-20-9-7-6-8-10-20/h6-10,13-14,17-18,21-22H,11-12,15-16H2,1-5H3,(H,26,32)(H,27,29)(H,28,31)/b14-13+/t18-,21+,22-/m0/s1. The number of carbonyl (C=O) groups is 4. The van der Waals surface area contributed by atoms with Crippen molar-refractivity contribution in [2.24, 2.45) is 5.92 Å². The molecule has 36 heavy (non-hydrogen) atoms. The van der Waals surface area contributed by atoms with Gasteiger partial charge in [-0.3, -0.25) is 19.2 Å². The van der Waals surface area contributed by atoms with Gasteiger partial charge >= 0.3 is 5.97 Å². The van der Waals surface area contributed by atoms with E-state index in [1.807, 2.05) is 44.2 Å². The smallest absolute Gasteiger partial charge is 0.306 e.